The number of nitrogens with zero attached hydrogens (tertiary/aromatic N) is 2. The van der Waals surface area contributed by atoms with Crippen LogP contribution in [0.3, 0.4) is 0 Å². The van der Waals surface area contributed by atoms with Gasteiger partial charge in [-0.05, 0) is 43.0 Å². The smallest absolute Gasteiger partial charge is 0.223 e. The molecule has 134 valence electrons. The SMILES string of the molecule is Cc1ccc(Oc2cc(C(C)C)nc(SCc3ccccc3C)n2)cc1. The Morgan fingerprint density at radius 2 is 1.69 bits per heavy atom. The molecule has 0 fully saturated rings. The molecule has 1 heterocycles. The first kappa shape index (κ1) is 18.5. The van der Waals surface area contributed by atoms with Gasteiger partial charge in [0.05, 0.1) is 5.69 Å². The molecule has 2 aromatic carbocycles. The Bertz CT molecular complexity index is 876. The fraction of sp³-hybridized carbons (Fsp3) is 0.273. The minimum atomic E-state index is 0.316. The molecule has 3 nitrogen and oxygen atoms in total. The van der Waals surface area contributed by atoms with E-state index in [0.29, 0.717) is 11.8 Å². The monoisotopic (exact) mass is 364 g/mol. The Hall–Kier alpha value is -2.33. The van der Waals surface area contributed by atoms with E-state index in [0.717, 1.165) is 22.4 Å². The molecular weight excluding hydrogens is 340 g/mol. The van der Waals surface area contributed by atoms with Gasteiger partial charge in [0, 0.05) is 11.8 Å². The van der Waals surface area contributed by atoms with Crippen molar-refractivity contribution in [3.05, 3.63) is 77.0 Å². The van der Waals surface area contributed by atoms with Gasteiger partial charge < -0.3 is 4.74 Å². The molecule has 0 aliphatic rings. The zero-order valence-corrected chi connectivity index (χ0v) is 16.5. The summed E-state index contributed by atoms with van der Waals surface area (Å²) in [5.41, 5.74) is 4.79. The molecule has 0 atom stereocenters. The van der Waals surface area contributed by atoms with Gasteiger partial charge in [0.25, 0.3) is 0 Å². The van der Waals surface area contributed by atoms with Crippen LogP contribution in [0.2, 0.25) is 0 Å². The maximum atomic E-state index is 5.98. The maximum absolute atomic E-state index is 5.98. The number of rotatable bonds is 6. The van der Waals surface area contributed by atoms with Crippen molar-refractivity contribution < 1.29 is 4.74 Å². The molecule has 0 aliphatic carbocycles. The van der Waals surface area contributed by atoms with E-state index >= 15 is 0 Å². The summed E-state index contributed by atoms with van der Waals surface area (Å²) in [4.78, 5) is 9.31. The van der Waals surface area contributed by atoms with Gasteiger partial charge in [-0.1, -0.05) is 67.6 Å². The molecule has 3 rings (SSSR count). The van der Waals surface area contributed by atoms with Crippen molar-refractivity contribution in [1.29, 1.82) is 0 Å². The highest BCUT2D eigenvalue weighted by molar-refractivity contribution is 7.98. The Balaban J connectivity index is 1.81. The first-order valence-electron chi connectivity index (χ1n) is 8.82. The van der Waals surface area contributed by atoms with Gasteiger partial charge in [-0.2, -0.15) is 4.98 Å². The van der Waals surface area contributed by atoms with Crippen LogP contribution in [0.5, 0.6) is 11.6 Å². The summed E-state index contributed by atoms with van der Waals surface area (Å²) in [6.07, 6.45) is 0. The molecule has 0 saturated carbocycles. The Morgan fingerprint density at radius 1 is 0.962 bits per heavy atom. The predicted octanol–water partition coefficient (Wildman–Crippen LogP) is 6.30. The Kier molecular flexibility index (Phi) is 5.94. The summed E-state index contributed by atoms with van der Waals surface area (Å²) in [6, 6.07) is 18.3. The molecule has 0 saturated heterocycles. The first-order valence-corrected chi connectivity index (χ1v) is 9.80. The molecule has 0 aliphatic heterocycles. The number of hydrogen-bond donors (Lipinski definition) is 0. The van der Waals surface area contributed by atoms with Gasteiger partial charge in [0.1, 0.15) is 5.75 Å². The molecule has 0 N–H and O–H groups in total. The summed E-state index contributed by atoms with van der Waals surface area (Å²) in [6.45, 7) is 8.46. The van der Waals surface area contributed by atoms with Crippen molar-refractivity contribution in [3.8, 4) is 11.6 Å². The van der Waals surface area contributed by atoms with E-state index in [1.54, 1.807) is 11.8 Å². The highest BCUT2D eigenvalue weighted by Gasteiger charge is 2.11. The topological polar surface area (TPSA) is 35.0 Å². The quantitative estimate of drug-likeness (QED) is 0.380. The van der Waals surface area contributed by atoms with Crippen molar-refractivity contribution in [2.24, 2.45) is 0 Å². The lowest BCUT2D eigenvalue weighted by Crippen LogP contribution is -2.00. The Morgan fingerprint density at radius 3 is 2.38 bits per heavy atom. The molecule has 0 amide bonds. The van der Waals surface area contributed by atoms with Gasteiger partial charge in [-0.3, -0.25) is 0 Å². The van der Waals surface area contributed by atoms with E-state index in [-0.39, 0.29) is 0 Å². The average molecular weight is 365 g/mol. The lowest BCUT2D eigenvalue weighted by Gasteiger charge is -2.11. The zero-order valence-electron chi connectivity index (χ0n) is 15.7. The molecule has 0 bridgehead atoms. The van der Waals surface area contributed by atoms with Crippen molar-refractivity contribution in [3.63, 3.8) is 0 Å². The summed E-state index contributed by atoms with van der Waals surface area (Å²) < 4.78 is 5.98. The number of hydrogen-bond acceptors (Lipinski definition) is 4. The predicted molar refractivity (Wildman–Crippen MR) is 108 cm³/mol. The van der Waals surface area contributed by atoms with Crippen molar-refractivity contribution in [2.45, 2.75) is 44.5 Å². The highest BCUT2D eigenvalue weighted by atomic mass is 32.2. The lowest BCUT2D eigenvalue weighted by molar-refractivity contribution is 0.452. The van der Waals surface area contributed by atoms with Crippen molar-refractivity contribution in [1.82, 2.24) is 9.97 Å². The summed E-state index contributed by atoms with van der Waals surface area (Å²) >= 11 is 1.64. The van der Waals surface area contributed by atoms with Crippen LogP contribution in [0, 0.1) is 13.8 Å². The number of aryl methyl sites for hydroxylation is 2. The van der Waals surface area contributed by atoms with Crippen LogP contribution in [-0.4, -0.2) is 9.97 Å². The molecule has 0 radical (unpaired) electrons. The second kappa shape index (κ2) is 8.37. The van der Waals surface area contributed by atoms with Gasteiger partial charge in [-0.15, -0.1) is 0 Å². The first-order chi connectivity index (χ1) is 12.5. The van der Waals surface area contributed by atoms with Gasteiger partial charge in [0.15, 0.2) is 5.16 Å². The second-order valence-electron chi connectivity index (χ2n) is 6.70. The number of thioether (sulfide) groups is 1. The van der Waals surface area contributed by atoms with E-state index in [2.05, 4.69) is 56.9 Å². The molecule has 1 aromatic heterocycles. The largest absolute Gasteiger partial charge is 0.439 e. The van der Waals surface area contributed by atoms with E-state index in [9.17, 15) is 0 Å². The van der Waals surface area contributed by atoms with Gasteiger partial charge >= 0.3 is 0 Å². The molecule has 3 aromatic rings. The summed E-state index contributed by atoms with van der Waals surface area (Å²) in [5, 5.41) is 0.751. The average Bonchev–Trinajstić information content (AvgIpc) is 2.63. The zero-order chi connectivity index (χ0) is 18.5. The van der Waals surface area contributed by atoms with E-state index < -0.39 is 0 Å². The fourth-order valence-corrected chi connectivity index (χ4v) is 3.41. The summed E-state index contributed by atoms with van der Waals surface area (Å²) in [5.74, 6) is 2.55. The number of benzene rings is 2. The standard InChI is InChI=1S/C22H24N2OS/c1-15(2)20-13-21(25-19-11-9-16(3)10-12-19)24-22(23-20)26-14-18-8-6-5-7-17(18)4/h5-13,15H,14H2,1-4H3. The van der Waals surface area contributed by atoms with E-state index in [1.807, 2.05) is 30.3 Å². The van der Waals surface area contributed by atoms with Crippen molar-refractivity contribution >= 4 is 11.8 Å². The molecule has 26 heavy (non-hydrogen) atoms. The minimum absolute atomic E-state index is 0.316. The van der Waals surface area contributed by atoms with Crippen LogP contribution in [0.1, 0.15) is 42.1 Å². The second-order valence-corrected chi connectivity index (χ2v) is 7.64. The van der Waals surface area contributed by atoms with E-state index in [4.69, 9.17) is 9.72 Å². The lowest BCUT2D eigenvalue weighted by atomic mass is 10.1. The van der Waals surface area contributed by atoms with Crippen LogP contribution in [0.15, 0.2) is 59.8 Å². The van der Waals surface area contributed by atoms with Crippen LogP contribution < -0.4 is 4.74 Å². The van der Waals surface area contributed by atoms with Crippen LogP contribution in [0.4, 0.5) is 0 Å². The van der Waals surface area contributed by atoms with Gasteiger partial charge in [0.2, 0.25) is 5.88 Å². The third kappa shape index (κ3) is 4.85. The Labute approximate surface area is 159 Å². The van der Waals surface area contributed by atoms with Gasteiger partial charge in [-0.25, -0.2) is 4.98 Å². The summed E-state index contributed by atoms with van der Waals surface area (Å²) in [7, 11) is 0. The maximum Gasteiger partial charge on any atom is 0.223 e. The van der Waals surface area contributed by atoms with Crippen molar-refractivity contribution in [2.75, 3.05) is 0 Å². The number of aromatic nitrogens is 2. The fourth-order valence-electron chi connectivity index (χ4n) is 2.47. The number of ether oxygens (including phenoxy) is 1. The van der Waals surface area contributed by atoms with E-state index in [1.165, 1.54) is 16.7 Å². The molecule has 0 unspecified atom stereocenters. The molecule has 4 heteroatoms. The minimum Gasteiger partial charge on any atom is -0.439 e. The third-order valence-electron chi connectivity index (χ3n) is 4.15. The molecule has 0 spiro atoms. The third-order valence-corrected chi connectivity index (χ3v) is 5.05. The normalized spacial score (nSPS) is 11.0. The van der Waals surface area contributed by atoms with Crippen LogP contribution >= 0.6 is 11.8 Å². The highest BCUT2D eigenvalue weighted by Crippen LogP contribution is 2.28. The van der Waals surface area contributed by atoms with Crippen LogP contribution in [-0.2, 0) is 5.75 Å². The molecular formula is C22H24N2OS. The van der Waals surface area contributed by atoms with Crippen LogP contribution in [0.25, 0.3) is 0 Å².